The fourth-order valence-electron chi connectivity index (χ4n) is 3.50. The molecule has 2 unspecified atom stereocenters. The van der Waals surface area contributed by atoms with E-state index in [-0.39, 0.29) is 5.56 Å². The quantitative estimate of drug-likeness (QED) is 0.815. The van der Waals surface area contributed by atoms with Gasteiger partial charge in [0.15, 0.2) is 0 Å². The van der Waals surface area contributed by atoms with Gasteiger partial charge in [-0.15, -0.1) is 0 Å². The molecule has 2 heteroatoms. The van der Waals surface area contributed by atoms with Crippen LogP contribution in [0.4, 0.5) is 0 Å². The monoisotopic (exact) mass is 281 g/mol. The van der Waals surface area contributed by atoms with Crippen molar-refractivity contribution in [2.45, 2.75) is 45.6 Å². The van der Waals surface area contributed by atoms with Gasteiger partial charge in [0.05, 0.1) is 0 Å². The topological polar surface area (TPSA) is 22.0 Å². The molecule has 1 aliphatic heterocycles. The summed E-state index contributed by atoms with van der Waals surface area (Å²) in [5.74, 6) is 1.16. The summed E-state index contributed by atoms with van der Waals surface area (Å²) >= 11 is 0. The van der Waals surface area contributed by atoms with Crippen molar-refractivity contribution < 1.29 is 0 Å². The molecule has 1 aliphatic rings. The molecule has 0 N–H and O–H groups in total. The Bertz CT molecular complexity index is 672. The van der Waals surface area contributed by atoms with Crippen LogP contribution in [-0.2, 0) is 6.54 Å². The number of nitrogens with zero attached hydrogens (tertiary/aromatic N) is 1. The van der Waals surface area contributed by atoms with E-state index in [0.717, 1.165) is 30.5 Å². The number of aromatic nitrogens is 1. The van der Waals surface area contributed by atoms with Crippen LogP contribution in [0.15, 0.2) is 47.3 Å². The molecule has 0 saturated heterocycles. The standard InChI is InChI=1S/C19H23NO/c1-3-14-12-15(4-2)18-11-10-17(19(21)20(18)13-14)16-8-6-5-7-9-16/h5-11,14-15H,3-4,12-13H2,1-2H3. The van der Waals surface area contributed by atoms with E-state index in [4.69, 9.17) is 0 Å². The van der Waals surface area contributed by atoms with E-state index >= 15 is 0 Å². The molecule has 3 rings (SSSR count). The molecule has 1 aromatic heterocycles. The van der Waals surface area contributed by atoms with Crippen LogP contribution in [0, 0.1) is 5.92 Å². The van der Waals surface area contributed by atoms with Gasteiger partial charge in [-0.2, -0.15) is 0 Å². The van der Waals surface area contributed by atoms with Gasteiger partial charge in [0.1, 0.15) is 0 Å². The van der Waals surface area contributed by atoms with E-state index in [1.54, 1.807) is 0 Å². The van der Waals surface area contributed by atoms with Gasteiger partial charge >= 0.3 is 0 Å². The Labute approximate surface area is 126 Å². The van der Waals surface area contributed by atoms with Crippen molar-refractivity contribution in [3.63, 3.8) is 0 Å². The first-order valence-corrected chi connectivity index (χ1v) is 8.03. The average Bonchev–Trinajstić information content (AvgIpc) is 2.55. The van der Waals surface area contributed by atoms with Gasteiger partial charge in [0, 0.05) is 17.8 Å². The highest BCUT2D eigenvalue weighted by Crippen LogP contribution is 2.34. The minimum Gasteiger partial charge on any atom is -0.312 e. The van der Waals surface area contributed by atoms with E-state index in [2.05, 4.69) is 19.9 Å². The zero-order valence-corrected chi connectivity index (χ0v) is 12.9. The predicted molar refractivity (Wildman–Crippen MR) is 87.6 cm³/mol. The van der Waals surface area contributed by atoms with E-state index in [0.29, 0.717) is 11.8 Å². The molecule has 2 aromatic rings. The normalized spacial score (nSPS) is 21.0. The van der Waals surface area contributed by atoms with Gasteiger partial charge in [-0.25, -0.2) is 0 Å². The van der Waals surface area contributed by atoms with Gasteiger partial charge in [-0.3, -0.25) is 4.79 Å². The van der Waals surface area contributed by atoms with Gasteiger partial charge in [-0.05, 0) is 42.4 Å². The molecule has 2 heterocycles. The molecular formula is C19H23NO. The summed E-state index contributed by atoms with van der Waals surface area (Å²) in [6, 6.07) is 14.2. The lowest BCUT2D eigenvalue weighted by atomic mass is 9.84. The van der Waals surface area contributed by atoms with Crippen molar-refractivity contribution >= 4 is 0 Å². The molecule has 0 fully saturated rings. The maximum atomic E-state index is 12.9. The van der Waals surface area contributed by atoms with Crippen LogP contribution in [0.5, 0.6) is 0 Å². The zero-order valence-electron chi connectivity index (χ0n) is 12.9. The molecule has 2 nitrogen and oxygen atoms in total. The molecule has 1 aromatic carbocycles. The maximum absolute atomic E-state index is 12.9. The minimum absolute atomic E-state index is 0.176. The second-order valence-corrected chi connectivity index (χ2v) is 6.07. The van der Waals surface area contributed by atoms with Crippen LogP contribution < -0.4 is 5.56 Å². The van der Waals surface area contributed by atoms with Gasteiger partial charge in [-0.1, -0.05) is 50.6 Å². The number of rotatable bonds is 3. The van der Waals surface area contributed by atoms with Crippen LogP contribution in [0.25, 0.3) is 11.1 Å². The SMILES string of the molecule is CCC1CC(CC)c2ccc(-c3ccccc3)c(=O)n2C1. The Balaban J connectivity index is 2.11. The van der Waals surface area contributed by atoms with Crippen molar-refractivity contribution in [1.29, 1.82) is 0 Å². The summed E-state index contributed by atoms with van der Waals surface area (Å²) in [7, 11) is 0. The van der Waals surface area contributed by atoms with E-state index < -0.39 is 0 Å². The van der Waals surface area contributed by atoms with Gasteiger partial charge in [0.25, 0.3) is 5.56 Å². The second kappa shape index (κ2) is 5.88. The van der Waals surface area contributed by atoms with Crippen molar-refractivity contribution in [3.8, 4) is 11.1 Å². The lowest BCUT2D eigenvalue weighted by Crippen LogP contribution is -2.33. The average molecular weight is 281 g/mol. The largest absolute Gasteiger partial charge is 0.312 e. The second-order valence-electron chi connectivity index (χ2n) is 6.07. The minimum atomic E-state index is 0.176. The van der Waals surface area contributed by atoms with Crippen LogP contribution in [-0.4, -0.2) is 4.57 Å². The molecule has 0 spiro atoms. The molecule has 0 aliphatic carbocycles. The third-order valence-corrected chi connectivity index (χ3v) is 4.84. The van der Waals surface area contributed by atoms with Crippen LogP contribution in [0.1, 0.15) is 44.7 Å². The fraction of sp³-hybridized carbons (Fsp3) is 0.421. The van der Waals surface area contributed by atoms with Crippen LogP contribution in [0.2, 0.25) is 0 Å². The van der Waals surface area contributed by atoms with E-state index in [1.807, 2.05) is 41.0 Å². The Morgan fingerprint density at radius 2 is 1.81 bits per heavy atom. The summed E-state index contributed by atoms with van der Waals surface area (Å²) in [5.41, 5.74) is 3.25. The number of benzene rings is 1. The van der Waals surface area contributed by atoms with Crippen LogP contribution >= 0.6 is 0 Å². The lowest BCUT2D eigenvalue weighted by Gasteiger charge is -2.32. The lowest BCUT2D eigenvalue weighted by molar-refractivity contribution is 0.306. The van der Waals surface area contributed by atoms with Gasteiger partial charge < -0.3 is 4.57 Å². The highest BCUT2D eigenvalue weighted by molar-refractivity contribution is 5.62. The summed E-state index contributed by atoms with van der Waals surface area (Å²) in [5, 5.41) is 0. The van der Waals surface area contributed by atoms with Gasteiger partial charge in [0.2, 0.25) is 0 Å². The first-order chi connectivity index (χ1) is 10.2. The summed E-state index contributed by atoms with van der Waals surface area (Å²) in [4.78, 5) is 12.9. The number of hydrogen-bond donors (Lipinski definition) is 0. The highest BCUT2D eigenvalue weighted by Gasteiger charge is 2.26. The van der Waals surface area contributed by atoms with E-state index in [9.17, 15) is 4.79 Å². The summed E-state index contributed by atoms with van der Waals surface area (Å²) in [6.45, 7) is 5.33. The van der Waals surface area contributed by atoms with E-state index in [1.165, 1.54) is 12.1 Å². The molecule has 21 heavy (non-hydrogen) atoms. The molecule has 2 atom stereocenters. The Kier molecular flexibility index (Phi) is 3.96. The Hall–Kier alpha value is -1.83. The van der Waals surface area contributed by atoms with Crippen LogP contribution in [0.3, 0.4) is 0 Å². The smallest absolute Gasteiger partial charge is 0.258 e. The first-order valence-electron chi connectivity index (χ1n) is 8.03. The van der Waals surface area contributed by atoms with Crippen molar-refractivity contribution in [2.24, 2.45) is 5.92 Å². The molecule has 0 amide bonds. The molecule has 0 bridgehead atoms. The third-order valence-electron chi connectivity index (χ3n) is 4.84. The third kappa shape index (κ3) is 2.55. The molecule has 0 saturated carbocycles. The fourth-order valence-corrected chi connectivity index (χ4v) is 3.50. The van der Waals surface area contributed by atoms with Crippen molar-refractivity contribution in [1.82, 2.24) is 4.57 Å². The molecular weight excluding hydrogens is 258 g/mol. The number of fused-ring (bicyclic) bond motifs is 1. The number of pyridine rings is 1. The summed E-state index contributed by atoms with van der Waals surface area (Å²) < 4.78 is 2.04. The highest BCUT2D eigenvalue weighted by atomic mass is 16.1. The zero-order chi connectivity index (χ0) is 14.8. The number of hydrogen-bond acceptors (Lipinski definition) is 1. The Morgan fingerprint density at radius 1 is 1.05 bits per heavy atom. The van der Waals surface area contributed by atoms with Crippen molar-refractivity contribution in [3.05, 3.63) is 58.5 Å². The molecule has 110 valence electrons. The first kappa shape index (κ1) is 14.1. The summed E-state index contributed by atoms with van der Waals surface area (Å²) in [6.07, 6.45) is 3.48. The molecule has 0 radical (unpaired) electrons. The Morgan fingerprint density at radius 3 is 2.48 bits per heavy atom. The maximum Gasteiger partial charge on any atom is 0.258 e. The predicted octanol–water partition coefficient (Wildman–Crippen LogP) is 4.44. The van der Waals surface area contributed by atoms with Crippen molar-refractivity contribution in [2.75, 3.05) is 0 Å².